The van der Waals surface area contributed by atoms with Gasteiger partial charge in [-0.1, -0.05) is 24.3 Å². The van der Waals surface area contributed by atoms with Crippen LogP contribution >= 0.6 is 0 Å². The molecular weight excluding hydrogens is 368 g/mol. The lowest BCUT2D eigenvalue weighted by Gasteiger charge is -2.10. The normalized spacial score (nSPS) is 11.0. The van der Waals surface area contributed by atoms with Crippen LogP contribution in [0.4, 0.5) is 5.69 Å². The van der Waals surface area contributed by atoms with Crippen molar-refractivity contribution < 1.29 is 4.79 Å². The van der Waals surface area contributed by atoms with Gasteiger partial charge in [-0.25, -0.2) is 18.9 Å². The molecule has 0 aliphatic rings. The SMILES string of the molecule is Cc1cccc(C)c1NC(=O)Cn1nc2cc(-c3ccccn3)nc(C)n2c1=O. The number of benzene rings is 1. The summed E-state index contributed by atoms with van der Waals surface area (Å²) >= 11 is 0. The maximum atomic E-state index is 12.7. The van der Waals surface area contributed by atoms with Crippen LogP contribution in [0.25, 0.3) is 17.0 Å². The van der Waals surface area contributed by atoms with Gasteiger partial charge in [0.1, 0.15) is 12.4 Å². The number of nitrogens with zero attached hydrogens (tertiary/aromatic N) is 5. The molecule has 3 heterocycles. The first-order valence-electron chi connectivity index (χ1n) is 9.19. The second-order valence-electron chi connectivity index (χ2n) is 6.85. The van der Waals surface area contributed by atoms with Crippen LogP contribution in [0.1, 0.15) is 17.0 Å². The zero-order valence-corrected chi connectivity index (χ0v) is 16.4. The molecule has 0 fully saturated rings. The topological polar surface area (TPSA) is 94.2 Å². The number of amides is 1. The largest absolute Gasteiger partial charge is 0.352 e. The summed E-state index contributed by atoms with van der Waals surface area (Å²) in [4.78, 5) is 34.0. The molecule has 146 valence electrons. The zero-order chi connectivity index (χ0) is 20.5. The Hall–Kier alpha value is -3.81. The highest BCUT2D eigenvalue weighted by Gasteiger charge is 2.16. The summed E-state index contributed by atoms with van der Waals surface area (Å²) in [5.74, 6) is 0.165. The van der Waals surface area contributed by atoms with E-state index in [4.69, 9.17) is 0 Å². The van der Waals surface area contributed by atoms with E-state index in [1.807, 2.05) is 50.2 Å². The van der Waals surface area contributed by atoms with Gasteiger partial charge in [0.2, 0.25) is 5.91 Å². The molecule has 0 spiro atoms. The highest BCUT2D eigenvalue weighted by molar-refractivity contribution is 5.92. The Balaban J connectivity index is 1.66. The molecule has 0 unspecified atom stereocenters. The Morgan fingerprint density at radius 3 is 2.48 bits per heavy atom. The molecular formula is C21H20N6O2. The number of para-hydroxylation sites is 1. The van der Waals surface area contributed by atoms with Gasteiger partial charge in [-0.2, -0.15) is 0 Å². The number of hydrogen-bond acceptors (Lipinski definition) is 5. The number of rotatable bonds is 4. The first-order valence-corrected chi connectivity index (χ1v) is 9.19. The van der Waals surface area contributed by atoms with Gasteiger partial charge in [0, 0.05) is 18.0 Å². The monoisotopic (exact) mass is 388 g/mol. The molecule has 0 aliphatic heterocycles. The number of nitrogens with one attached hydrogen (secondary N) is 1. The van der Waals surface area contributed by atoms with E-state index in [1.54, 1.807) is 19.2 Å². The number of hydrogen-bond donors (Lipinski definition) is 1. The number of anilines is 1. The van der Waals surface area contributed by atoms with Crippen LogP contribution in [0.15, 0.2) is 53.5 Å². The van der Waals surface area contributed by atoms with Gasteiger partial charge >= 0.3 is 5.69 Å². The number of aromatic nitrogens is 5. The minimum Gasteiger partial charge on any atom is -0.324 e. The minimum absolute atomic E-state index is 0.188. The van der Waals surface area contributed by atoms with E-state index in [0.717, 1.165) is 21.5 Å². The quantitative estimate of drug-likeness (QED) is 0.580. The van der Waals surface area contributed by atoms with Crippen molar-refractivity contribution in [1.29, 1.82) is 0 Å². The predicted octanol–water partition coefficient (Wildman–Crippen LogP) is 2.52. The van der Waals surface area contributed by atoms with Crippen molar-refractivity contribution >= 4 is 17.2 Å². The zero-order valence-electron chi connectivity index (χ0n) is 16.4. The van der Waals surface area contributed by atoms with Crippen LogP contribution in [0.2, 0.25) is 0 Å². The molecule has 8 heteroatoms. The van der Waals surface area contributed by atoms with E-state index in [0.29, 0.717) is 22.9 Å². The molecule has 3 aromatic heterocycles. The third-order valence-corrected chi connectivity index (χ3v) is 4.70. The predicted molar refractivity (Wildman–Crippen MR) is 110 cm³/mol. The summed E-state index contributed by atoms with van der Waals surface area (Å²) < 4.78 is 2.54. The fourth-order valence-corrected chi connectivity index (χ4v) is 3.28. The number of carbonyl (C=O) groups is 1. The van der Waals surface area contributed by atoms with Crippen molar-refractivity contribution in [3.63, 3.8) is 0 Å². The molecule has 4 aromatic rings. The van der Waals surface area contributed by atoms with Crippen LogP contribution < -0.4 is 11.0 Å². The molecule has 0 saturated carbocycles. The molecule has 0 aliphatic carbocycles. The second kappa shape index (κ2) is 7.31. The second-order valence-corrected chi connectivity index (χ2v) is 6.85. The van der Waals surface area contributed by atoms with Gasteiger partial charge in [-0.3, -0.25) is 9.78 Å². The number of pyridine rings is 1. The summed E-state index contributed by atoms with van der Waals surface area (Å²) in [6.45, 7) is 5.39. The smallest absolute Gasteiger partial charge is 0.324 e. The van der Waals surface area contributed by atoms with Crippen LogP contribution in [-0.2, 0) is 11.3 Å². The summed E-state index contributed by atoms with van der Waals surface area (Å²) in [7, 11) is 0. The lowest BCUT2D eigenvalue weighted by atomic mass is 10.1. The third-order valence-electron chi connectivity index (χ3n) is 4.70. The minimum atomic E-state index is -0.408. The van der Waals surface area contributed by atoms with E-state index in [-0.39, 0.29) is 12.5 Å². The maximum absolute atomic E-state index is 12.7. The highest BCUT2D eigenvalue weighted by atomic mass is 16.2. The van der Waals surface area contributed by atoms with E-state index in [2.05, 4.69) is 20.4 Å². The Bertz CT molecular complexity index is 1250. The molecule has 1 aromatic carbocycles. The highest BCUT2D eigenvalue weighted by Crippen LogP contribution is 2.19. The Kier molecular flexibility index (Phi) is 4.67. The van der Waals surface area contributed by atoms with Crippen molar-refractivity contribution in [1.82, 2.24) is 24.1 Å². The standard InChI is InChI=1S/C21H20N6O2/c1-13-7-6-8-14(2)20(13)24-19(28)12-26-21(29)27-15(3)23-17(11-18(27)25-26)16-9-4-5-10-22-16/h4-11H,12H2,1-3H3,(H,24,28). The first-order chi connectivity index (χ1) is 13.9. The number of carbonyl (C=O) groups excluding carboxylic acids is 1. The van der Waals surface area contributed by atoms with Gasteiger partial charge < -0.3 is 5.32 Å². The maximum Gasteiger partial charge on any atom is 0.352 e. The van der Waals surface area contributed by atoms with Gasteiger partial charge in [0.05, 0.1) is 11.4 Å². The molecule has 4 rings (SSSR count). The van der Waals surface area contributed by atoms with Crippen molar-refractivity contribution in [2.24, 2.45) is 0 Å². The van der Waals surface area contributed by atoms with E-state index < -0.39 is 5.69 Å². The van der Waals surface area contributed by atoms with Gasteiger partial charge in [0.15, 0.2) is 5.65 Å². The Morgan fingerprint density at radius 1 is 1.03 bits per heavy atom. The summed E-state index contributed by atoms with van der Waals surface area (Å²) in [6.07, 6.45) is 1.68. The average Bonchev–Trinajstić information content (AvgIpc) is 3.01. The fraction of sp³-hybridized carbons (Fsp3) is 0.190. The van der Waals surface area contributed by atoms with E-state index in [9.17, 15) is 9.59 Å². The van der Waals surface area contributed by atoms with Crippen molar-refractivity contribution in [2.75, 3.05) is 5.32 Å². The van der Waals surface area contributed by atoms with Crippen LogP contribution in [0.3, 0.4) is 0 Å². The number of fused-ring (bicyclic) bond motifs is 1. The van der Waals surface area contributed by atoms with Gasteiger partial charge in [-0.15, -0.1) is 5.10 Å². The van der Waals surface area contributed by atoms with Gasteiger partial charge in [0.25, 0.3) is 0 Å². The Labute approximate surface area is 166 Å². The molecule has 0 atom stereocenters. The van der Waals surface area contributed by atoms with Crippen LogP contribution in [0.5, 0.6) is 0 Å². The molecule has 0 saturated heterocycles. The summed E-state index contributed by atoms with van der Waals surface area (Å²) in [5, 5.41) is 7.20. The van der Waals surface area contributed by atoms with E-state index >= 15 is 0 Å². The average molecular weight is 388 g/mol. The van der Waals surface area contributed by atoms with E-state index in [1.165, 1.54) is 4.40 Å². The molecule has 0 bridgehead atoms. The van der Waals surface area contributed by atoms with Crippen LogP contribution in [0, 0.1) is 20.8 Å². The fourth-order valence-electron chi connectivity index (χ4n) is 3.28. The lowest BCUT2D eigenvalue weighted by molar-refractivity contribution is -0.117. The summed E-state index contributed by atoms with van der Waals surface area (Å²) in [6, 6.07) is 13.0. The molecule has 1 amide bonds. The van der Waals surface area contributed by atoms with Crippen LogP contribution in [-0.4, -0.2) is 30.1 Å². The van der Waals surface area contributed by atoms with Crippen molar-refractivity contribution in [3.05, 3.63) is 76.1 Å². The molecule has 1 N–H and O–H groups in total. The third kappa shape index (κ3) is 3.52. The number of aryl methyl sites for hydroxylation is 3. The molecule has 29 heavy (non-hydrogen) atoms. The molecule has 8 nitrogen and oxygen atoms in total. The van der Waals surface area contributed by atoms with Crippen molar-refractivity contribution in [2.45, 2.75) is 27.3 Å². The first kappa shape index (κ1) is 18.5. The Morgan fingerprint density at radius 2 is 1.79 bits per heavy atom. The molecule has 0 radical (unpaired) electrons. The van der Waals surface area contributed by atoms with Gasteiger partial charge in [-0.05, 0) is 44.0 Å². The van der Waals surface area contributed by atoms with Crippen molar-refractivity contribution in [3.8, 4) is 11.4 Å². The lowest BCUT2D eigenvalue weighted by Crippen LogP contribution is -2.29. The summed E-state index contributed by atoms with van der Waals surface area (Å²) in [5.41, 5.74) is 3.99.